The molecule has 0 spiro atoms. The number of carboxylic acids is 1. The molecule has 8 heteroatoms. The van der Waals surface area contributed by atoms with E-state index >= 15 is 0 Å². The Balaban J connectivity index is 2.91. The van der Waals surface area contributed by atoms with Gasteiger partial charge in [-0.3, -0.25) is 14.9 Å². The van der Waals surface area contributed by atoms with Gasteiger partial charge in [-0.1, -0.05) is 0 Å². The van der Waals surface area contributed by atoms with Crippen LogP contribution < -0.4 is 10.6 Å². The molecule has 0 atom stereocenters. The third-order valence-corrected chi connectivity index (χ3v) is 2.26. The van der Waals surface area contributed by atoms with E-state index in [4.69, 9.17) is 5.11 Å². The van der Waals surface area contributed by atoms with Gasteiger partial charge in [-0.05, 0) is 13.0 Å². The van der Waals surface area contributed by atoms with Crippen LogP contribution in [0.1, 0.15) is 17.3 Å². The number of carbonyl (C=O) groups excluding carboxylic acids is 1. The largest absolute Gasteiger partial charge is 0.478 e. The SMILES string of the molecule is CCNC(=O)CNc1ccc([N+](=O)[O-])cc1C(=O)O. The van der Waals surface area contributed by atoms with E-state index in [0.717, 1.165) is 6.07 Å². The van der Waals surface area contributed by atoms with Gasteiger partial charge in [0.15, 0.2) is 0 Å². The number of anilines is 1. The number of benzene rings is 1. The average Bonchev–Trinajstić information content (AvgIpc) is 2.36. The van der Waals surface area contributed by atoms with E-state index in [0.29, 0.717) is 6.54 Å². The van der Waals surface area contributed by atoms with Crippen molar-refractivity contribution < 1.29 is 19.6 Å². The second-order valence-corrected chi connectivity index (χ2v) is 3.60. The Morgan fingerprint density at radius 3 is 2.63 bits per heavy atom. The summed E-state index contributed by atoms with van der Waals surface area (Å²) in [6.07, 6.45) is 0. The first-order chi connectivity index (χ1) is 8.95. The summed E-state index contributed by atoms with van der Waals surface area (Å²) >= 11 is 0. The molecule has 1 rings (SSSR count). The first-order valence-corrected chi connectivity index (χ1v) is 5.48. The van der Waals surface area contributed by atoms with Gasteiger partial charge >= 0.3 is 5.97 Å². The van der Waals surface area contributed by atoms with Gasteiger partial charge in [0.05, 0.1) is 17.0 Å². The van der Waals surface area contributed by atoms with Crippen LogP contribution in [0, 0.1) is 10.1 Å². The van der Waals surface area contributed by atoms with E-state index in [1.165, 1.54) is 12.1 Å². The van der Waals surface area contributed by atoms with Crippen molar-refractivity contribution in [1.29, 1.82) is 0 Å². The zero-order valence-corrected chi connectivity index (χ0v) is 10.2. The van der Waals surface area contributed by atoms with Crippen LogP contribution in [0.15, 0.2) is 18.2 Å². The number of nitro groups is 1. The molecule has 19 heavy (non-hydrogen) atoms. The minimum Gasteiger partial charge on any atom is -0.478 e. The molecule has 0 bridgehead atoms. The number of aromatic carboxylic acids is 1. The van der Waals surface area contributed by atoms with Crippen LogP contribution in [0.4, 0.5) is 11.4 Å². The maximum atomic E-state index is 11.2. The number of amides is 1. The van der Waals surface area contributed by atoms with E-state index < -0.39 is 10.9 Å². The normalized spacial score (nSPS) is 9.74. The lowest BCUT2D eigenvalue weighted by molar-refractivity contribution is -0.384. The number of nitrogens with one attached hydrogen (secondary N) is 2. The fourth-order valence-electron chi connectivity index (χ4n) is 1.41. The van der Waals surface area contributed by atoms with Crippen molar-refractivity contribution in [3.05, 3.63) is 33.9 Å². The molecule has 3 N–H and O–H groups in total. The monoisotopic (exact) mass is 267 g/mol. The first kappa shape index (κ1) is 14.4. The molecular weight excluding hydrogens is 254 g/mol. The van der Waals surface area contributed by atoms with Gasteiger partial charge in [-0.15, -0.1) is 0 Å². The highest BCUT2D eigenvalue weighted by Gasteiger charge is 2.16. The Bertz CT molecular complexity index is 515. The van der Waals surface area contributed by atoms with Crippen molar-refractivity contribution in [3.63, 3.8) is 0 Å². The Labute approximate surface area is 108 Å². The van der Waals surface area contributed by atoms with Crippen LogP contribution in [-0.4, -0.2) is 35.0 Å². The van der Waals surface area contributed by atoms with Crippen molar-refractivity contribution in [3.8, 4) is 0 Å². The lowest BCUT2D eigenvalue weighted by Crippen LogP contribution is -2.29. The highest BCUT2D eigenvalue weighted by molar-refractivity contribution is 5.95. The second-order valence-electron chi connectivity index (χ2n) is 3.60. The molecule has 0 aliphatic rings. The molecule has 0 saturated carbocycles. The lowest BCUT2D eigenvalue weighted by atomic mass is 10.1. The summed E-state index contributed by atoms with van der Waals surface area (Å²) in [6.45, 7) is 2.12. The van der Waals surface area contributed by atoms with Gasteiger partial charge < -0.3 is 15.7 Å². The van der Waals surface area contributed by atoms with Crippen molar-refractivity contribution in [1.82, 2.24) is 5.32 Å². The topological polar surface area (TPSA) is 122 Å². The number of non-ortho nitro benzene ring substituents is 1. The minimum absolute atomic E-state index is 0.105. The number of nitrogens with zero attached hydrogens (tertiary/aromatic N) is 1. The van der Waals surface area contributed by atoms with Crippen LogP contribution in [-0.2, 0) is 4.79 Å². The van der Waals surface area contributed by atoms with E-state index in [1.807, 2.05) is 0 Å². The summed E-state index contributed by atoms with van der Waals surface area (Å²) in [5.74, 6) is -1.60. The standard InChI is InChI=1S/C11H13N3O5/c1-2-12-10(15)6-13-9-4-3-7(14(18)19)5-8(9)11(16)17/h3-5,13H,2,6H2,1H3,(H,12,15)(H,16,17). The minimum atomic E-state index is -1.30. The number of rotatable bonds is 6. The van der Waals surface area contributed by atoms with Crippen LogP contribution in [0.3, 0.4) is 0 Å². The van der Waals surface area contributed by atoms with Gasteiger partial charge in [0, 0.05) is 24.4 Å². The zero-order chi connectivity index (χ0) is 14.4. The molecule has 0 aliphatic heterocycles. The summed E-state index contributed by atoms with van der Waals surface area (Å²) in [5.41, 5.74) is -0.413. The molecule has 1 amide bonds. The summed E-state index contributed by atoms with van der Waals surface area (Å²) < 4.78 is 0. The molecule has 0 unspecified atom stereocenters. The molecular formula is C11H13N3O5. The number of hydrogen-bond donors (Lipinski definition) is 3. The van der Waals surface area contributed by atoms with E-state index in [-0.39, 0.29) is 29.4 Å². The van der Waals surface area contributed by atoms with E-state index in [9.17, 15) is 19.7 Å². The predicted molar refractivity (Wildman–Crippen MR) is 67.2 cm³/mol. The molecule has 0 aliphatic carbocycles. The second kappa shape index (κ2) is 6.34. The number of likely N-dealkylation sites (N-methyl/N-ethyl adjacent to an activating group) is 1. The van der Waals surface area contributed by atoms with Gasteiger partial charge in [0.1, 0.15) is 0 Å². The maximum absolute atomic E-state index is 11.2. The van der Waals surface area contributed by atoms with Crippen molar-refractivity contribution in [2.45, 2.75) is 6.92 Å². The Kier molecular flexibility index (Phi) is 4.81. The van der Waals surface area contributed by atoms with Crippen LogP contribution in [0.2, 0.25) is 0 Å². The molecule has 1 aromatic carbocycles. The third kappa shape index (κ3) is 3.95. The highest BCUT2D eigenvalue weighted by atomic mass is 16.6. The summed E-state index contributed by atoms with van der Waals surface area (Å²) in [6, 6.07) is 3.38. The zero-order valence-electron chi connectivity index (χ0n) is 10.2. The van der Waals surface area contributed by atoms with Gasteiger partial charge in [0.25, 0.3) is 5.69 Å². The number of nitro benzene ring substituents is 1. The third-order valence-electron chi connectivity index (χ3n) is 2.26. The summed E-state index contributed by atoms with van der Waals surface area (Å²) in [4.78, 5) is 32.1. The summed E-state index contributed by atoms with van der Waals surface area (Å²) in [7, 11) is 0. The quantitative estimate of drug-likeness (QED) is 0.518. The molecule has 0 saturated heterocycles. The van der Waals surface area contributed by atoms with Gasteiger partial charge in [-0.25, -0.2) is 4.79 Å². The van der Waals surface area contributed by atoms with Gasteiger partial charge in [-0.2, -0.15) is 0 Å². The predicted octanol–water partition coefficient (Wildman–Crippen LogP) is 0.841. The number of carbonyl (C=O) groups is 2. The fraction of sp³-hybridized carbons (Fsp3) is 0.273. The molecule has 0 radical (unpaired) electrons. The van der Waals surface area contributed by atoms with Crippen LogP contribution in [0.5, 0.6) is 0 Å². The van der Waals surface area contributed by atoms with Crippen LogP contribution >= 0.6 is 0 Å². The maximum Gasteiger partial charge on any atom is 0.338 e. The van der Waals surface area contributed by atoms with Gasteiger partial charge in [0.2, 0.25) is 5.91 Å². The first-order valence-electron chi connectivity index (χ1n) is 5.48. The number of hydrogen-bond acceptors (Lipinski definition) is 5. The molecule has 0 aromatic heterocycles. The summed E-state index contributed by atoms with van der Waals surface area (Å²) in [5, 5.41) is 24.7. The molecule has 0 heterocycles. The Morgan fingerprint density at radius 1 is 1.42 bits per heavy atom. The molecule has 1 aromatic rings. The van der Waals surface area contributed by atoms with Crippen molar-refractivity contribution >= 4 is 23.3 Å². The smallest absolute Gasteiger partial charge is 0.338 e. The highest BCUT2D eigenvalue weighted by Crippen LogP contribution is 2.21. The lowest BCUT2D eigenvalue weighted by Gasteiger charge is -2.09. The molecule has 0 fully saturated rings. The molecule has 102 valence electrons. The van der Waals surface area contributed by atoms with Crippen LogP contribution in [0.25, 0.3) is 0 Å². The van der Waals surface area contributed by atoms with E-state index in [1.54, 1.807) is 6.92 Å². The van der Waals surface area contributed by atoms with Crippen molar-refractivity contribution in [2.24, 2.45) is 0 Å². The Hall–Kier alpha value is -2.64. The fourth-order valence-corrected chi connectivity index (χ4v) is 1.41. The van der Waals surface area contributed by atoms with Crippen molar-refractivity contribution in [2.75, 3.05) is 18.4 Å². The van der Waals surface area contributed by atoms with E-state index in [2.05, 4.69) is 10.6 Å². The molecule has 8 nitrogen and oxygen atoms in total. The average molecular weight is 267 g/mol. The Morgan fingerprint density at radius 2 is 2.11 bits per heavy atom. The number of carboxylic acid groups (broad SMARTS) is 1.